The van der Waals surface area contributed by atoms with Crippen molar-refractivity contribution < 1.29 is 18.0 Å². The molecule has 0 unspecified atom stereocenters. The molecule has 3 nitrogen and oxygen atoms in total. The number of amides is 1. The number of hydrogen-bond acceptors (Lipinski definition) is 2. The molecule has 1 aromatic carbocycles. The summed E-state index contributed by atoms with van der Waals surface area (Å²) in [4.78, 5) is 17.2. The lowest BCUT2D eigenvalue weighted by Gasteiger charge is -2.18. The molecule has 0 saturated heterocycles. The van der Waals surface area contributed by atoms with Gasteiger partial charge in [0.2, 0.25) is 0 Å². The Hall–Kier alpha value is -2.08. The predicted molar refractivity (Wildman–Crippen MR) is 73.4 cm³/mol. The minimum absolute atomic E-state index is 0.0766. The van der Waals surface area contributed by atoms with Crippen LogP contribution in [0.3, 0.4) is 0 Å². The molecular weight excluding hydrogens is 305 g/mol. The molecule has 0 fully saturated rings. The number of nitrogens with zero attached hydrogens (tertiary/aromatic N) is 2. The number of anilines is 1. The van der Waals surface area contributed by atoms with Crippen molar-refractivity contribution >= 4 is 23.2 Å². The van der Waals surface area contributed by atoms with Crippen LogP contribution < -0.4 is 4.90 Å². The van der Waals surface area contributed by atoms with Crippen molar-refractivity contribution in [2.75, 3.05) is 11.9 Å². The highest BCUT2D eigenvalue weighted by atomic mass is 35.5. The summed E-state index contributed by atoms with van der Waals surface area (Å²) in [5.41, 5.74) is -0.632. The maximum atomic E-state index is 12.7. The molecule has 0 radical (unpaired) electrons. The van der Waals surface area contributed by atoms with Gasteiger partial charge in [-0.25, -0.2) is 4.98 Å². The zero-order valence-electron chi connectivity index (χ0n) is 10.9. The quantitative estimate of drug-likeness (QED) is 0.784. The second-order valence-corrected chi connectivity index (χ2v) is 4.61. The van der Waals surface area contributed by atoms with Crippen molar-refractivity contribution in [2.24, 2.45) is 0 Å². The van der Waals surface area contributed by atoms with E-state index in [2.05, 4.69) is 4.98 Å². The van der Waals surface area contributed by atoms with E-state index < -0.39 is 17.6 Å². The third-order valence-corrected chi connectivity index (χ3v) is 3.13. The van der Waals surface area contributed by atoms with Gasteiger partial charge in [-0.1, -0.05) is 17.7 Å². The van der Waals surface area contributed by atoms with E-state index in [9.17, 15) is 18.0 Å². The summed E-state index contributed by atoms with van der Waals surface area (Å²) < 4.78 is 38.0. The van der Waals surface area contributed by atoms with Crippen LogP contribution in [0.5, 0.6) is 0 Å². The number of pyridine rings is 1. The third kappa shape index (κ3) is 3.33. The molecule has 0 atom stereocenters. The molecule has 2 aromatic rings. The predicted octanol–water partition coefficient (Wildman–Crippen LogP) is 4.03. The number of rotatable bonds is 2. The highest BCUT2D eigenvalue weighted by Gasteiger charge is 2.31. The molecule has 0 saturated carbocycles. The average molecular weight is 315 g/mol. The number of carbonyl (C=O) groups excluding carboxylic acids is 1. The lowest BCUT2D eigenvalue weighted by molar-refractivity contribution is -0.137. The fraction of sp³-hybridized carbons (Fsp3) is 0.143. The van der Waals surface area contributed by atoms with E-state index in [1.165, 1.54) is 25.4 Å². The summed E-state index contributed by atoms with van der Waals surface area (Å²) in [5.74, 6) is -0.601. The number of hydrogen-bond donors (Lipinski definition) is 0. The SMILES string of the molecule is CN(C(=O)c1cccc(C(F)(F)F)c1)c1cccnc1Cl. The first-order chi connectivity index (χ1) is 9.80. The Morgan fingerprint density at radius 2 is 1.95 bits per heavy atom. The van der Waals surface area contributed by atoms with Crippen LogP contribution in [-0.2, 0) is 6.18 Å². The zero-order valence-corrected chi connectivity index (χ0v) is 11.6. The average Bonchev–Trinajstić information content (AvgIpc) is 2.45. The number of halogens is 4. The van der Waals surface area contributed by atoms with E-state index in [1.54, 1.807) is 12.1 Å². The van der Waals surface area contributed by atoms with E-state index in [4.69, 9.17) is 11.6 Å². The lowest BCUT2D eigenvalue weighted by Crippen LogP contribution is -2.27. The van der Waals surface area contributed by atoms with Crippen LogP contribution in [0.25, 0.3) is 0 Å². The molecule has 0 aliphatic carbocycles. The fourth-order valence-corrected chi connectivity index (χ4v) is 2.01. The van der Waals surface area contributed by atoms with Crippen molar-refractivity contribution in [1.29, 1.82) is 0 Å². The Bertz CT molecular complexity index is 673. The Morgan fingerprint density at radius 1 is 1.24 bits per heavy atom. The summed E-state index contributed by atoms with van der Waals surface area (Å²) in [5, 5.41) is 0.0975. The Labute approximate surface area is 124 Å². The van der Waals surface area contributed by atoms with Gasteiger partial charge in [-0.05, 0) is 30.3 Å². The smallest absolute Gasteiger partial charge is 0.309 e. The van der Waals surface area contributed by atoms with Gasteiger partial charge in [-0.3, -0.25) is 4.79 Å². The van der Waals surface area contributed by atoms with Gasteiger partial charge in [0.25, 0.3) is 5.91 Å². The highest BCUT2D eigenvalue weighted by Crippen LogP contribution is 2.30. The number of benzene rings is 1. The van der Waals surface area contributed by atoms with E-state index in [1.807, 2.05) is 0 Å². The lowest BCUT2D eigenvalue weighted by atomic mass is 10.1. The molecule has 21 heavy (non-hydrogen) atoms. The molecule has 0 N–H and O–H groups in total. The minimum Gasteiger partial charge on any atom is -0.309 e. The number of alkyl halides is 3. The molecule has 7 heteroatoms. The normalized spacial score (nSPS) is 11.3. The van der Waals surface area contributed by atoms with Gasteiger partial charge in [-0.2, -0.15) is 13.2 Å². The van der Waals surface area contributed by atoms with Crippen molar-refractivity contribution in [3.05, 3.63) is 58.9 Å². The summed E-state index contributed by atoms with van der Waals surface area (Å²) >= 11 is 5.87. The minimum atomic E-state index is -4.50. The van der Waals surface area contributed by atoms with Gasteiger partial charge in [-0.15, -0.1) is 0 Å². The van der Waals surface area contributed by atoms with Gasteiger partial charge < -0.3 is 4.90 Å². The van der Waals surface area contributed by atoms with E-state index in [0.29, 0.717) is 5.69 Å². The molecular formula is C14H10ClF3N2O. The summed E-state index contributed by atoms with van der Waals surface area (Å²) in [6.45, 7) is 0. The first-order valence-corrected chi connectivity index (χ1v) is 6.24. The van der Waals surface area contributed by atoms with E-state index >= 15 is 0 Å². The molecule has 1 aromatic heterocycles. The standard InChI is InChI=1S/C14H10ClF3N2O/c1-20(11-6-3-7-19-12(11)15)13(21)9-4-2-5-10(8-9)14(16,17)18/h2-8H,1H3. The summed E-state index contributed by atoms with van der Waals surface area (Å²) in [7, 11) is 1.42. The van der Waals surface area contributed by atoms with Crippen LogP contribution in [0.1, 0.15) is 15.9 Å². The molecule has 0 bridgehead atoms. The van der Waals surface area contributed by atoms with Crippen LogP contribution in [0.4, 0.5) is 18.9 Å². The molecule has 0 aliphatic rings. The molecule has 110 valence electrons. The van der Waals surface area contributed by atoms with Crippen LogP contribution >= 0.6 is 11.6 Å². The largest absolute Gasteiger partial charge is 0.416 e. The third-order valence-electron chi connectivity index (χ3n) is 2.84. The summed E-state index contributed by atoms with van der Waals surface area (Å²) in [6.07, 6.45) is -3.05. The van der Waals surface area contributed by atoms with Crippen LogP contribution in [0.2, 0.25) is 5.15 Å². The van der Waals surface area contributed by atoms with Gasteiger partial charge >= 0.3 is 6.18 Å². The van der Waals surface area contributed by atoms with E-state index in [-0.39, 0.29) is 10.7 Å². The van der Waals surface area contributed by atoms with E-state index in [0.717, 1.165) is 17.0 Å². The van der Waals surface area contributed by atoms with Crippen molar-refractivity contribution in [3.63, 3.8) is 0 Å². The Kier molecular flexibility index (Phi) is 4.18. The second kappa shape index (κ2) is 5.73. The molecule has 0 aliphatic heterocycles. The molecule has 1 amide bonds. The number of carbonyl (C=O) groups is 1. The van der Waals surface area contributed by atoms with Crippen molar-refractivity contribution in [1.82, 2.24) is 4.98 Å². The first-order valence-electron chi connectivity index (χ1n) is 5.86. The molecule has 2 rings (SSSR count). The van der Waals surface area contributed by atoms with Crippen molar-refractivity contribution in [2.45, 2.75) is 6.18 Å². The zero-order chi connectivity index (χ0) is 15.6. The van der Waals surface area contributed by atoms with Crippen LogP contribution in [0.15, 0.2) is 42.6 Å². The highest BCUT2D eigenvalue weighted by molar-refractivity contribution is 6.32. The fourth-order valence-electron chi connectivity index (χ4n) is 1.76. The summed E-state index contributed by atoms with van der Waals surface area (Å²) in [6, 6.07) is 7.36. The topological polar surface area (TPSA) is 33.2 Å². The Morgan fingerprint density at radius 3 is 2.57 bits per heavy atom. The Balaban J connectivity index is 2.35. The molecule has 0 spiro atoms. The second-order valence-electron chi connectivity index (χ2n) is 4.26. The van der Waals surface area contributed by atoms with Gasteiger partial charge in [0.1, 0.15) is 0 Å². The van der Waals surface area contributed by atoms with Crippen LogP contribution in [0, 0.1) is 0 Å². The number of aromatic nitrogens is 1. The molecule has 1 heterocycles. The maximum absolute atomic E-state index is 12.7. The van der Waals surface area contributed by atoms with Gasteiger partial charge in [0.05, 0.1) is 11.3 Å². The monoisotopic (exact) mass is 314 g/mol. The maximum Gasteiger partial charge on any atom is 0.416 e. The van der Waals surface area contributed by atoms with Crippen LogP contribution in [-0.4, -0.2) is 17.9 Å². The first kappa shape index (κ1) is 15.3. The van der Waals surface area contributed by atoms with Gasteiger partial charge in [0.15, 0.2) is 5.15 Å². The van der Waals surface area contributed by atoms with Crippen molar-refractivity contribution in [3.8, 4) is 0 Å². The van der Waals surface area contributed by atoms with Gasteiger partial charge in [0, 0.05) is 18.8 Å².